The average molecular weight is 435 g/mol. The Morgan fingerprint density at radius 2 is 1.87 bits per heavy atom. The molecule has 0 saturated carbocycles. The van der Waals surface area contributed by atoms with E-state index >= 15 is 0 Å². The Labute approximate surface area is 185 Å². The maximum atomic E-state index is 13.8. The number of hydrogen-bond acceptors (Lipinski definition) is 4. The number of hydrogen-bond donors (Lipinski definition) is 0. The van der Waals surface area contributed by atoms with Gasteiger partial charge in [-0.25, -0.2) is 14.2 Å². The zero-order chi connectivity index (χ0) is 21.8. The van der Waals surface area contributed by atoms with Crippen LogP contribution < -0.4 is 0 Å². The lowest BCUT2D eigenvalue weighted by Gasteiger charge is -2.10. The van der Waals surface area contributed by atoms with Crippen LogP contribution in [0.4, 0.5) is 4.39 Å². The van der Waals surface area contributed by atoms with Crippen LogP contribution in [0.5, 0.6) is 0 Å². The molecular formula is C25H23FN2O2S. The third kappa shape index (κ3) is 4.97. The number of ether oxygens (including phenoxy) is 1. The summed E-state index contributed by atoms with van der Waals surface area (Å²) in [5.41, 5.74) is 5.36. The second-order valence-corrected chi connectivity index (χ2v) is 8.25. The van der Waals surface area contributed by atoms with Crippen LogP contribution in [0, 0.1) is 12.7 Å². The molecule has 0 saturated heterocycles. The van der Waals surface area contributed by atoms with E-state index in [1.807, 2.05) is 18.2 Å². The van der Waals surface area contributed by atoms with E-state index in [0.29, 0.717) is 24.2 Å². The molecule has 158 valence electrons. The van der Waals surface area contributed by atoms with Crippen molar-refractivity contribution >= 4 is 28.8 Å². The molecule has 0 atom stereocenters. The summed E-state index contributed by atoms with van der Waals surface area (Å²) >= 11 is 1.62. The Bertz CT molecular complexity index is 1240. The monoisotopic (exact) mass is 434 g/mol. The molecule has 0 radical (unpaired) electrons. The van der Waals surface area contributed by atoms with Gasteiger partial charge in [0, 0.05) is 5.75 Å². The van der Waals surface area contributed by atoms with Crippen LogP contribution in [0.2, 0.25) is 0 Å². The highest BCUT2D eigenvalue weighted by Crippen LogP contribution is 2.29. The van der Waals surface area contributed by atoms with Gasteiger partial charge in [-0.1, -0.05) is 53.7 Å². The third-order valence-electron chi connectivity index (χ3n) is 4.90. The van der Waals surface area contributed by atoms with Crippen molar-refractivity contribution in [1.82, 2.24) is 9.55 Å². The molecule has 0 amide bonds. The summed E-state index contributed by atoms with van der Waals surface area (Å²) in [6.45, 7) is 4.67. The first kappa shape index (κ1) is 21.1. The van der Waals surface area contributed by atoms with E-state index in [0.717, 1.165) is 22.0 Å². The van der Waals surface area contributed by atoms with E-state index in [-0.39, 0.29) is 11.8 Å². The number of fused-ring (bicyclic) bond motifs is 1. The molecule has 3 aromatic carbocycles. The molecule has 0 bridgehead atoms. The van der Waals surface area contributed by atoms with Gasteiger partial charge in [-0.05, 0) is 55.3 Å². The third-order valence-corrected chi connectivity index (χ3v) is 5.95. The lowest BCUT2D eigenvalue weighted by Crippen LogP contribution is -2.05. The Morgan fingerprint density at radius 1 is 1.06 bits per heavy atom. The lowest BCUT2D eigenvalue weighted by atomic mass is 10.2. The minimum absolute atomic E-state index is 0.263. The molecule has 4 aromatic rings. The second-order valence-electron chi connectivity index (χ2n) is 7.31. The first-order valence-corrected chi connectivity index (χ1v) is 11.1. The van der Waals surface area contributed by atoms with Crippen molar-refractivity contribution in [3.05, 3.63) is 94.8 Å². The van der Waals surface area contributed by atoms with Crippen molar-refractivity contribution < 1.29 is 13.9 Å². The van der Waals surface area contributed by atoms with E-state index < -0.39 is 0 Å². The van der Waals surface area contributed by atoms with Gasteiger partial charge in [0.15, 0.2) is 5.16 Å². The van der Waals surface area contributed by atoms with E-state index in [1.54, 1.807) is 36.9 Å². The summed E-state index contributed by atoms with van der Waals surface area (Å²) in [6, 6.07) is 20.3. The minimum atomic E-state index is -0.363. The van der Waals surface area contributed by atoms with Gasteiger partial charge in [0.25, 0.3) is 0 Å². The summed E-state index contributed by atoms with van der Waals surface area (Å²) in [5, 5.41) is 0.821. The largest absolute Gasteiger partial charge is 0.462 e. The molecule has 4 nitrogen and oxygen atoms in total. The molecule has 4 rings (SSSR count). The van der Waals surface area contributed by atoms with Crippen molar-refractivity contribution in [3.8, 4) is 0 Å². The van der Waals surface area contributed by atoms with Crippen LogP contribution >= 0.6 is 11.8 Å². The van der Waals surface area contributed by atoms with Gasteiger partial charge in [0.05, 0.1) is 29.7 Å². The number of aromatic nitrogens is 2. The molecule has 6 heteroatoms. The molecule has 0 unspecified atom stereocenters. The Morgan fingerprint density at radius 3 is 2.65 bits per heavy atom. The Hall–Kier alpha value is -3.12. The highest BCUT2D eigenvalue weighted by atomic mass is 32.2. The lowest BCUT2D eigenvalue weighted by molar-refractivity contribution is 0.0526. The topological polar surface area (TPSA) is 44.1 Å². The smallest absolute Gasteiger partial charge is 0.338 e. The van der Waals surface area contributed by atoms with E-state index in [1.165, 1.54) is 23.3 Å². The number of carbonyl (C=O) groups excluding carboxylic acids is 1. The van der Waals surface area contributed by atoms with E-state index in [4.69, 9.17) is 9.72 Å². The predicted molar refractivity (Wildman–Crippen MR) is 122 cm³/mol. The first-order chi connectivity index (χ1) is 15.0. The second kappa shape index (κ2) is 9.35. The van der Waals surface area contributed by atoms with Gasteiger partial charge in [0.2, 0.25) is 0 Å². The predicted octanol–water partition coefficient (Wildman–Crippen LogP) is 6.00. The summed E-state index contributed by atoms with van der Waals surface area (Å²) in [7, 11) is 0. The van der Waals surface area contributed by atoms with Gasteiger partial charge in [-0.3, -0.25) is 0 Å². The zero-order valence-electron chi connectivity index (χ0n) is 17.5. The van der Waals surface area contributed by atoms with Crippen LogP contribution in [0.15, 0.2) is 71.9 Å². The fourth-order valence-corrected chi connectivity index (χ4v) is 4.44. The molecule has 0 aliphatic carbocycles. The number of esters is 1. The number of benzene rings is 3. The zero-order valence-corrected chi connectivity index (χ0v) is 18.3. The number of aryl methyl sites for hydroxylation is 1. The van der Waals surface area contributed by atoms with Crippen LogP contribution in [0.25, 0.3) is 11.0 Å². The number of halogens is 1. The summed E-state index contributed by atoms with van der Waals surface area (Å²) < 4.78 is 20.9. The van der Waals surface area contributed by atoms with Gasteiger partial charge >= 0.3 is 5.97 Å². The fourth-order valence-electron chi connectivity index (χ4n) is 3.48. The number of imidazole rings is 1. The molecule has 1 heterocycles. The van der Waals surface area contributed by atoms with Crippen molar-refractivity contribution in [2.24, 2.45) is 0 Å². The van der Waals surface area contributed by atoms with E-state index in [9.17, 15) is 9.18 Å². The molecular weight excluding hydrogens is 411 g/mol. The Balaban J connectivity index is 1.71. The van der Waals surface area contributed by atoms with Crippen molar-refractivity contribution in [2.75, 3.05) is 6.61 Å². The fraction of sp³-hybridized carbons (Fsp3) is 0.200. The van der Waals surface area contributed by atoms with Gasteiger partial charge in [0.1, 0.15) is 5.82 Å². The molecule has 0 aliphatic rings. The molecule has 0 spiro atoms. The standard InChI is InChI=1S/C25H23FN2O2S/c1-3-30-24(29)20-10-11-23-22(14-20)27-25(31-16-19-8-4-6-17(2)12-19)28(23)15-18-7-5-9-21(26)13-18/h4-14H,3,15-16H2,1-2H3. The van der Waals surface area contributed by atoms with Crippen molar-refractivity contribution in [3.63, 3.8) is 0 Å². The molecule has 0 fully saturated rings. The summed E-state index contributed by atoms with van der Waals surface area (Å²) in [4.78, 5) is 16.9. The van der Waals surface area contributed by atoms with Crippen LogP contribution in [0.3, 0.4) is 0 Å². The molecule has 31 heavy (non-hydrogen) atoms. The summed E-state index contributed by atoms with van der Waals surface area (Å²) in [5.74, 6) is 0.136. The van der Waals surface area contributed by atoms with E-state index in [2.05, 4.69) is 29.7 Å². The maximum Gasteiger partial charge on any atom is 0.338 e. The normalized spacial score (nSPS) is 11.1. The highest BCUT2D eigenvalue weighted by Gasteiger charge is 2.15. The highest BCUT2D eigenvalue weighted by molar-refractivity contribution is 7.98. The molecule has 1 aromatic heterocycles. The van der Waals surface area contributed by atoms with Gasteiger partial charge < -0.3 is 9.30 Å². The van der Waals surface area contributed by atoms with Crippen LogP contribution in [-0.4, -0.2) is 22.1 Å². The SMILES string of the molecule is CCOC(=O)c1ccc2c(c1)nc(SCc1cccc(C)c1)n2Cc1cccc(F)c1. The Kier molecular flexibility index (Phi) is 6.37. The van der Waals surface area contributed by atoms with Crippen LogP contribution in [-0.2, 0) is 17.0 Å². The minimum Gasteiger partial charge on any atom is -0.462 e. The molecule has 0 aliphatic heterocycles. The average Bonchev–Trinajstić information content (AvgIpc) is 3.09. The summed E-state index contributed by atoms with van der Waals surface area (Å²) in [6.07, 6.45) is 0. The number of nitrogens with zero attached hydrogens (tertiary/aromatic N) is 2. The number of rotatable bonds is 7. The van der Waals surface area contributed by atoms with Crippen molar-refractivity contribution in [1.29, 1.82) is 0 Å². The van der Waals surface area contributed by atoms with Crippen molar-refractivity contribution in [2.45, 2.75) is 31.3 Å². The van der Waals surface area contributed by atoms with Gasteiger partial charge in [-0.2, -0.15) is 0 Å². The van der Waals surface area contributed by atoms with Crippen LogP contribution in [0.1, 0.15) is 34.0 Å². The molecule has 0 N–H and O–H groups in total. The number of thioether (sulfide) groups is 1. The maximum absolute atomic E-state index is 13.8. The number of carbonyl (C=O) groups is 1. The first-order valence-electron chi connectivity index (χ1n) is 10.1. The quantitative estimate of drug-likeness (QED) is 0.264. The van der Waals surface area contributed by atoms with Gasteiger partial charge in [-0.15, -0.1) is 0 Å².